The zero-order valence-electron chi connectivity index (χ0n) is 4.54. The van der Waals surface area contributed by atoms with Crippen LogP contribution in [-0.4, -0.2) is 26.2 Å². The summed E-state index contributed by atoms with van der Waals surface area (Å²) in [4.78, 5) is 0. The van der Waals surface area contributed by atoms with Crippen molar-refractivity contribution in [3.8, 4) is 0 Å². The summed E-state index contributed by atoms with van der Waals surface area (Å²) in [6.07, 6.45) is 1.39. The summed E-state index contributed by atoms with van der Waals surface area (Å²) in [6.45, 7) is 5.00. The van der Waals surface area contributed by atoms with Crippen LogP contribution in [0.2, 0.25) is 0 Å². The lowest BCUT2D eigenvalue weighted by molar-refractivity contribution is 0.527. The van der Waals surface area contributed by atoms with Crippen molar-refractivity contribution in [2.75, 3.05) is 26.2 Å². The van der Waals surface area contributed by atoms with E-state index in [1.807, 2.05) is 0 Å². The molecule has 0 aromatic heterocycles. The number of hydrogen-bond acceptors (Lipinski definition) is 2. The van der Waals surface area contributed by atoms with Crippen LogP contribution in [0.5, 0.6) is 0 Å². The van der Waals surface area contributed by atoms with E-state index >= 15 is 0 Å². The van der Waals surface area contributed by atoms with E-state index in [9.17, 15) is 0 Å². The van der Waals surface area contributed by atoms with Crippen LogP contribution in [0.1, 0.15) is 6.42 Å². The lowest BCUT2D eigenvalue weighted by Gasteiger charge is -2.09. The van der Waals surface area contributed by atoms with Crippen LogP contribution >= 0.6 is 0 Å². The molecule has 2 fully saturated rings. The molecule has 0 amide bonds. The Kier molecular flexibility index (Phi) is 2.17. The standard InChI is InChI=1S/C3H7N.C2H5N/c1-2-4-3-1;1-2-3-1/h4H,1-3H2;3H,1-2H2. The molecule has 2 N–H and O–H groups in total. The van der Waals surface area contributed by atoms with Gasteiger partial charge in [-0.05, 0) is 19.5 Å². The molecule has 0 saturated carbocycles. The highest BCUT2D eigenvalue weighted by Crippen LogP contribution is 1.80. The van der Waals surface area contributed by atoms with E-state index in [4.69, 9.17) is 0 Å². The third-order valence-electron chi connectivity index (χ3n) is 0.957. The van der Waals surface area contributed by atoms with Gasteiger partial charge in [0.15, 0.2) is 0 Å². The van der Waals surface area contributed by atoms with E-state index in [2.05, 4.69) is 10.6 Å². The fourth-order valence-corrected chi connectivity index (χ4v) is 0.177. The fourth-order valence-electron chi connectivity index (χ4n) is 0.177. The Balaban J connectivity index is 0.0000000729. The molecule has 2 heteroatoms. The van der Waals surface area contributed by atoms with Gasteiger partial charge in [0.2, 0.25) is 0 Å². The zero-order chi connectivity index (χ0) is 4.95. The van der Waals surface area contributed by atoms with Crippen LogP contribution in [0.25, 0.3) is 0 Å². The quantitative estimate of drug-likeness (QED) is 0.405. The van der Waals surface area contributed by atoms with Gasteiger partial charge in [-0.3, -0.25) is 0 Å². The largest absolute Gasteiger partial charge is 0.317 e. The van der Waals surface area contributed by atoms with E-state index in [1.165, 1.54) is 32.6 Å². The highest BCUT2D eigenvalue weighted by atomic mass is 15.0. The maximum absolute atomic E-state index is 3.11. The molecule has 2 nitrogen and oxygen atoms in total. The lowest BCUT2D eigenvalue weighted by atomic mass is 10.3. The molecule has 2 heterocycles. The van der Waals surface area contributed by atoms with Gasteiger partial charge in [-0.1, -0.05) is 0 Å². The Morgan fingerprint density at radius 2 is 1.00 bits per heavy atom. The first-order chi connectivity index (χ1) is 3.50. The van der Waals surface area contributed by atoms with Crippen molar-refractivity contribution in [3.05, 3.63) is 0 Å². The molecular weight excluding hydrogens is 88.1 g/mol. The Bertz CT molecular complexity index is 32.6. The van der Waals surface area contributed by atoms with Gasteiger partial charge in [-0.2, -0.15) is 0 Å². The molecule has 0 atom stereocenters. The average molecular weight is 100 g/mol. The van der Waals surface area contributed by atoms with Crippen LogP contribution in [0, 0.1) is 0 Å². The first-order valence-corrected chi connectivity index (χ1v) is 2.91. The van der Waals surface area contributed by atoms with E-state index in [0.29, 0.717) is 0 Å². The predicted molar refractivity (Wildman–Crippen MR) is 30.4 cm³/mol. The van der Waals surface area contributed by atoms with Crippen LogP contribution < -0.4 is 10.6 Å². The summed E-state index contributed by atoms with van der Waals surface area (Å²) in [5.74, 6) is 0. The summed E-state index contributed by atoms with van der Waals surface area (Å²) >= 11 is 0. The zero-order valence-corrected chi connectivity index (χ0v) is 4.54. The van der Waals surface area contributed by atoms with Crippen molar-refractivity contribution in [1.82, 2.24) is 10.6 Å². The molecule has 0 aromatic rings. The molecule has 42 valence electrons. The molecule has 7 heavy (non-hydrogen) atoms. The summed E-state index contributed by atoms with van der Waals surface area (Å²) in [6, 6.07) is 0. The van der Waals surface area contributed by atoms with Gasteiger partial charge in [0.25, 0.3) is 0 Å². The van der Waals surface area contributed by atoms with Crippen molar-refractivity contribution in [1.29, 1.82) is 0 Å². The summed E-state index contributed by atoms with van der Waals surface area (Å²) in [5, 5.41) is 6.11. The molecule has 0 bridgehead atoms. The summed E-state index contributed by atoms with van der Waals surface area (Å²) < 4.78 is 0. The van der Waals surface area contributed by atoms with Crippen molar-refractivity contribution in [3.63, 3.8) is 0 Å². The van der Waals surface area contributed by atoms with Crippen LogP contribution in [0.15, 0.2) is 0 Å². The Morgan fingerprint density at radius 1 is 0.714 bits per heavy atom. The normalized spacial score (nSPS) is 24.0. The van der Waals surface area contributed by atoms with Crippen LogP contribution in [0.3, 0.4) is 0 Å². The topological polar surface area (TPSA) is 34.0 Å². The molecule has 2 rings (SSSR count). The van der Waals surface area contributed by atoms with E-state index in [-0.39, 0.29) is 0 Å². The van der Waals surface area contributed by atoms with Crippen LogP contribution in [0.4, 0.5) is 0 Å². The van der Waals surface area contributed by atoms with Crippen LogP contribution in [-0.2, 0) is 0 Å². The molecule has 0 aromatic carbocycles. The van der Waals surface area contributed by atoms with Crippen molar-refractivity contribution in [2.45, 2.75) is 6.42 Å². The van der Waals surface area contributed by atoms with Gasteiger partial charge in [0.05, 0.1) is 0 Å². The Hall–Kier alpha value is -0.0800. The second-order valence-corrected chi connectivity index (χ2v) is 1.85. The Morgan fingerprint density at radius 3 is 1.00 bits per heavy atom. The van der Waals surface area contributed by atoms with Gasteiger partial charge < -0.3 is 10.6 Å². The van der Waals surface area contributed by atoms with Gasteiger partial charge >= 0.3 is 0 Å². The van der Waals surface area contributed by atoms with E-state index in [0.717, 1.165) is 0 Å². The molecule has 2 aliphatic heterocycles. The first-order valence-electron chi connectivity index (χ1n) is 2.91. The molecule has 0 aliphatic carbocycles. The number of rotatable bonds is 0. The average Bonchev–Trinajstić information content (AvgIpc) is 1.95. The van der Waals surface area contributed by atoms with Gasteiger partial charge in [-0.15, -0.1) is 0 Å². The fraction of sp³-hybridized carbons (Fsp3) is 1.00. The number of nitrogens with one attached hydrogen (secondary N) is 2. The second kappa shape index (κ2) is 2.99. The molecule has 0 spiro atoms. The number of hydrogen-bond donors (Lipinski definition) is 2. The maximum atomic E-state index is 3.11. The van der Waals surface area contributed by atoms with E-state index in [1.54, 1.807) is 0 Å². The van der Waals surface area contributed by atoms with Gasteiger partial charge in [0, 0.05) is 13.1 Å². The SMILES string of the molecule is C1CN1.C1CNC1. The third kappa shape index (κ3) is 3.76. The highest BCUT2D eigenvalue weighted by molar-refractivity contribution is 4.58. The smallest absolute Gasteiger partial charge is 0.00772 e. The predicted octanol–water partition coefficient (Wildman–Crippen LogP) is -0.431. The monoisotopic (exact) mass is 100 g/mol. The molecule has 2 saturated heterocycles. The van der Waals surface area contributed by atoms with Crippen molar-refractivity contribution >= 4 is 0 Å². The second-order valence-electron chi connectivity index (χ2n) is 1.85. The molecule has 0 radical (unpaired) electrons. The maximum Gasteiger partial charge on any atom is 0.00772 e. The van der Waals surface area contributed by atoms with Crippen molar-refractivity contribution in [2.24, 2.45) is 0 Å². The molecule has 2 aliphatic rings. The minimum Gasteiger partial charge on any atom is -0.317 e. The molecular formula is C5H12N2. The minimum absolute atomic E-state index is 1.25. The highest BCUT2D eigenvalue weighted by Gasteiger charge is 1.92. The van der Waals surface area contributed by atoms with E-state index < -0.39 is 0 Å². The first kappa shape index (κ1) is 5.06. The minimum atomic E-state index is 1.25. The molecule has 0 unspecified atom stereocenters. The third-order valence-corrected chi connectivity index (χ3v) is 0.957. The van der Waals surface area contributed by atoms with Crippen molar-refractivity contribution < 1.29 is 0 Å². The summed E-state index contributed by atoms with van der Waals surface area (Å²) in [5.41, 5.74) is 0. The van der Waals surface area contributed by atoms with Gasteiger partial charge in [0.1, 0.15) is 0 Å². The lowest BCUT2D eigenvalue weighted by Crippen LogP contribution is -2.29. The van der Waals surface area contributed by atoms with Gasteiger partial charge in [-0.25, -0.2) is 0 Å². The Labute approximate surface area is 44.3 Å². The summed E-state index contributed by atoms with van der Waals surface area (Å²) in [7, 11) is 0.